The fourth-order valence-corrected chi connectivity index (χ4v) is 1.08. The molecule has 1 saturated heterocycles. The highest BCUT2D eigenvalue weighted by Gasteiger charge is 2.23. The van der Waals surface area contributed by atoms with Crippen LogP contribution in [0.15, 0.2) is 0 Å². The number of amides is 1. The van der Waals surface area contributed by atoms with Crippen molar-refractivity contribution < 1.29 is 14.5 Å². The zero-order chi connectivity index (χ0) is 8.48. The van der Waals surface area contributed by atoms with Gasteiger partial charge in [0.2, 0.25) is 0 Å². The van der Waals surface area contributed by atoms with E-state index in [1.807, 2.05) is 0 Å². The Bertz CT molecular complexity index is 159. The van der Waals surface area contributed by atoms with Gasteiger partial charge >= 0.3 is 6.09 Å². The fraction of sp³-hybridized carbons (Fsp3) is 0.833. The summed E-state index contributed by atoms with van der Waals surface area (Å²) in [7, 11) is 1.57. The van der Waals surface area contributed by atoms with E-state index in [1.165, 1.54) is 4.90 Å². The summed E-state index contributed by atoms with van der Waals surface area (Å²) in [4.78, 5) is 11.7. The Hall–Kier alpha value is -0.810. The van der Waals surface area contributed by atoms with E-state index in [4.69, 9.17) is 5.11 Å². The molecular weight excluding hydrogens is 148 g/mol. The molecule has 1 amide bonds. The summed E-state index contributed by atoms with van der Waals surface area (Å²) in [6.07, 6.45) is -0.926. The number of hydrogen-bond acceptors (Lipinski definition) is 2. The second-order valence-corrected chi connectivity index (χ2v) is 3.01. The van der Waals surface area contributed by atoms with E-state index in [0.717, 1.165) is 0 Å². The van der Waals surface area contributed by atoms with E-state index in [1.54, 1.807) is 7.05 Å². The maximum Gasteiger partial charge on any atom is 0.407 e. The molecule has 5 nitrogen and oxygen atoms in total. The quantitative estimate of drug-likeness (QED) is 0.398. The lowest BCUT2D eigenvalue weighted by Gasteiger charge is -2.44. The van der Waals surface area contributed by atoms with Gasteiger partial charge in [0.25, 0.3) is 0 Å². The van der Waals surface area contributed by atoms with Gasteiger partial charge in [-0.25, -0.2) is 4.79 Å². The highest BCUT2D eigenvalue weighted by Crippen LogP contribution is 2.06. The molecule has 0 saturated carbocycles. The van der Waals surface area contributed by atoms with E-state index in [9.17, 15) is 10.0 Å². The summed E-state index contributed by atoms with van der Waals surface area (Å²) in [5.74, 6) is 0. The Kier molecular flexibility index (Phi) is 2.01. The number of hydrogen-bond donors (Lipinski definition) is 1. The van der Waals surface area contributed by atoms with Gasteiger partial charge in [-0.1, -0.05) is 0 Å². The van der Waals surface area contributed by atoms with Crippen LogP contribution in [0.25, 0.3) is 0 Å². The molecule has 1 fully saturated rings. The first-order valence-electron chi connectivity index (χ1n) is 3.55. The number of hydroxylamine groups is 3. The van der Waals surface area contributed by atoms with E-state index >= 15 is 0 Å². The Morgan fingerprint density at radius 1 is 1.55 bits per heavy atom. The van der Waals surface area contributed by atoms with Crippen LogP contribution in [-0.4, -0.2) is 54.0 Å². The molecule has 1 aliphatic rings. The molecule has 5 heteroatoms. The van der Waals surface area contributed by atoms with Crippen LogP contribution in [0, 0.1) is 5.21 Å². The first-order chi connectivity index (χ1) is 5.01. The molecule has 0 aromatic rings. The molecule has 0 spiro atoms. The van der Waals surface area contributed by atoms with Crippen LogP contribution in [0.2, 0.25) is 0 Å². The fourth-order valence-electron chi connectivity index (χ4n) is 1.08. The van der Waals surface area contributed by atoms with Crippen LogP contribution in [0.5, 0.6) is 0 Å². The van der Waals surface area contributed by atoms with Gasteiger partial charge < -0.3 is 15.0 Å². The lowest BCUT2D eigenvalue weighted by molar-refractivity contribution is -0.864. The molecule has 1 aliphatic heterocycles. The van der Waals surface area contributed by atoms with Gasteiger partial charge in [-0.2, -0.15) is 0 Å². The summed E-state index contributed by atoms with van der Waals surface area (Å²) in [5.41, 5.74) is 0. The Balaban J connectivity index is 2.42. The van der Waals surface area contributed by atoms with Gasteiger partial charge in [0, 0.05) is 0 Å². The molecule has 0 bridgehead atoms. The minimum Gasteiger partial charge on any atom is -0.633 e. The van der Waals surface area contributed by atoms with Crippen LogP contribution in [0.3, 0.4) is 0 Å². The van der Waals surface area contributed by atoms with Crippen molar-refractivity contribution in [3.8, 4) is 0 Å². The number of rotatable bonds is 0. The standard InChI is InChI=1S/C6H12N2O3/c1-8(11)4-2-7(3-5-8)6(9)10/h2-5H2,1H3,(H,9,10). The molecule has 0 aromatic heterocycles. The molecule has 64 valence electrons. The monoisotopic (exact) mass is 160 g/mol. The maximum absolute atomic E-state index is 11.2. The third-order valence-electron chi connectivity index (χ3n) is 1.96. The predicted molar refractivity (Wildman–Crippen MR) is 38.9 cm³/mol. The highest BCUT2D eigenvalue weighted by atomic mass is 16.5. The van der Waals surface area contributed by atoms with Crippen molar-refractivity contribution in [2.75, 3.05) is 33.2 Å². The molecule has 0 aliphatic carbocycles. The van der Waals surface area contributed by atoms with Crippen LogP contribution in [0.4, 0.5) is 4.79 Å². The van der Waals surface area contributed by atoms with E-state index in [-0.39, 0.29) is 4.65 Å². The second-order valence-electron chi connectivity index (χ2n) is 3.01. The number of likely N-dealkylation sites (N-methyl/N-ethyl adjacent to an activating group) is 1. The summed E-state index contributed by atoms with van der Waals surface area (Å²) in [6.45, 7) is 1.45. The maximum atomic E-state index is 11.2. The summed E-state index contributed by atoms with van der Waals surface area (Å²) in [5, 5.41) is 19.7. The van der Waals surface area contributed by atoms with Gasteiger partial charge in [0.05, 0.1) is 33.2 Å². The summed E-state index contributed by atoms with van der Waals surface area (Å²) < 4.78 is -0.316. The Morgan fingerprint density at radius 2 is 2.00 bits per heavy atom. The predicted octanol–water partition coefficient (Wildman–Crippen LogP) is -0.0756. The van der Waals surface area contributed by atoms with Crippen molar-refractivity contribution in [2.24, 2.45) is 0 Å². The molecule has 0 atom stereocenters. The van der Waals surface area contributed by atoms with E-state index in [0.29, 0.717) is 26.2 Å². The number of quaternary nitrogens is 1. The molecule has 1 rings (SSSR count). The lowest BCUT2D eigenvalue weighted by atomic mass is 10.3. The number of piperazine rings is 1. The largest absolute Gasteiger partial charge is 0.633 e. The van der Waals surface area contributed by atoms with Gasteiger partial charge in [0.1, 0.15) is 0 Å². The normalized spacial score (nSPS) is 23.3. The van der Waals surface area contributed by atoms with Crippen molar-refractivity contribution in [1.29, 1.82) is 0 Å². The third kappa shape index (κ3) is 2.06. The molecule has 1 heterocycles. The van der Waals surface area contributed by atoms with E-state index < -0.39 is 6.09 Å². The van der Waals surface area contributed by atoms with Crippen molar-refractivity contribution in [1.82, 2.24) is 4.90 Å². The second kappa shape index (κ2) is 2.67. The zero-order valence-corrected chi connectivity index (χ0v) is 6.49. The lowest BCUT2D eigenvalue weighted by Crippen LogP contribution is -2.54. The Morgan fingerprint density at radius 3 is 2.36 bits per heavy atom. The first kappa shape index (κ1) is 8.29. The van der Waals surface area contributed by atoms with Gasteiger partial charge in [-0.05, 0) is 0 Å². The van der Waals surface area contributed by atoms with Crippen molar-refractivity contribution >= 4 is 6.09 Å². The van der Waals surface area contributed by atoms with Crippen LogP contribution >= 0.6 is 0 Å². The van der Waals surface area contributed by atoms with Crippen LogP contribution in [-0.2, 0) is 0 Å². The zero-order valence-electron chi connectivity index (χ0n) is 6.49. The van der Waals surface area contributed by atoms with Crippen molar-refractivity contribution in [2.45, 2.75) is 0 Å². The molecule has 0 radical (unpaired) electrons. The van der Waals surface area contributed by atoms with E-state index in [2.05, 4.69) is 0 Å². The number of nitrogens with zero attached hydrogens (tertiary/aromatic N) is 2. The first-order valence-corrected chi connectivity index (χ1v) is 3.55. The smallest absolute Gasteiger partial charge is 0.407 e. The minimum absolute atomic E-state index is 0.316. The minimum atomic E-state index is -0.926. The Labute approximate surface area is 65.0 Å². The summed E-state index contributed by atoms with van der Waals surface area (Å²) >= 11 is 0. The molecule has 11 heavy (non-hydrogen) atoms. The number of carbonyl (C=O) groups is 1. The highest BCUT2D eigenvalue weighted by molar-refractivity contribution is 5.64. The van der Waals surface area contributed by atoms with Crippen LogP contribution < -0.4 is 0 Å². The van der Waals surface area contributed by atoms with Gasteiger partial charge in [-0.15, -0.1) is 0 Å². The average molecular weight is 160 g/mol. The molecule has 1 N–H and O–H groups in total. The van der Waals surface area contributed by atoms with Gasteiger partial charge in [0.15, 0.2) is 0 Å². The third-order valence-corrected chi connectivity index (χ3v) is 1.96. The topological polar surface area (TPSA) is 63.6 Å². The molecule has 0 unspecified atom stereocenters. The number of carboxylic acid groups (broad SMARTS) is 1. The molecule has 0 aromatic carbocycles. The SMILES string of the molecule is C[N+]1([O-])CCN(C(=O)O)CC1. The van der Waals surface area contributed by atoms with Crippen molar-refractivity contribution in [3.63, 3.8) is 0 Å². The molecular formula is C6H12N2O3. The van der Waals surface area contributed by atoms with Gasteiger partial charge in [-0.3, -0.25) is 4.90 Å². The van der Waals surface area contributed by atoms with Crippen molar-refractivity contribution in [3.05, 3.63) is 5.21 Å². The average Bonchev–Trinajstić information content (AvgIpc) is 1.86. The van der Waals surface area contributed by atoms with Crippen LogP contribution in [0.1, 0.15) is 0 Å². The summed E-state index contributed by atoms with van der Waals surface area (Å²) in [6, 6.07) is 0.